The molecule has 0 amide bonds. The van der Waals surface area contributed by atoms with E-state index in [4.69, 9.17) is 0 Å². The Balaban J connectivity index is 2.39. The SMILES string of the molecule is CCCn1ccc(=O)n(Cc2ccc(Br)cc2)c1=O. The van der Waals surface area contributed by atoms with Crippen molar-refractivity contribution in [2.24, 2.45) is 0 Å². The largest absolute Gasteiger partial charge is 0.331 e. The fraction of sp³-hybridized carbons (Fsp3) is 0.286. The van der Waals surface area contributed by atoms with Gasteiger partial charge in [0.2, 0.25) is 0 Å². The molecule has 5 heteroatoms. The molecule has 0 saturated carbocycles. The molecule has 0 bridgehead atoms. The highest BCUT2D eigenvalue weighted by atomic mass is 79.9. The molecule has 1 aromatic heterocycles. The van der Waals surface area contributed by atoms with Gasteiger partial charge in [-0.1, -0.05) is 35.0 Å². The van der Waals surface area contributed by atoms with Crippen LogP contribution in [0.25, 0.3) is 0 Å². The second kappa shape index (κ2) is 6.02. The minimum absolute atomic E-state index is 0.253. The first kappa shape index (κ1) is 13.8. The summed E-state index contributed by atoms with van der Waals surface area (Å²) in [5.41, 5.74) is 0.411. The second-order valence-electron chi connectivity index (χ2n) is 4.34. The molecule has 2 aromatic rings. The summed E-state index contributed by atoms with van der Waals surface area (Å²) in [4.78, 5) is 24.0. The van der Waals surface area contributed by atoms with Gasteiger partial charge in [-0.15, -0.1) is 0 Å². The number of benzene rings is 1. The smallest absolute Gasteiger partial charge is 0.300 e. The molecule has 0 atom stereocenters. The van der Waals surface area contributed by atoms with E-state index in [0.717, 1.165) is 16.5 Å². The van der Waals surface area contributed by atoms with Crippen molar-refractivity contribution < 1.29 is 0 Å². The van der Waals surface area contributed by atoms with Crippen LogP contribution in [-0.4, -0.2) is 9.13 Å². The molecule has 2 rings (SSSR count). The zero-order valence-corrected chi connectivity index (χ0v) is 12.3. The fourth-order valence-corrected chi connectivity index (χ4v) is 2.15. The van der Waals surface area contributed by atoms with E-state index in [9.17, 15) is 9.59 Å². The summed E-state index contributed by atoms with van der Waals surface area (Å²) in [5.74, 6) is 0. The standard InChI is InChI=1S/C14H15BrN2O2/c1-2-8-16-9-7-13(18)17(14(16)19)10-11-3-5-12(15)6-4-11/h3-7,9H,2,8,10H2,1H3. The zero-order valence-electron chi connectivity index (χ0n) is 10.7. The lowest BCUT2D eigenvalue weighted by Gasteiger charge is -2.09. The molecule has 0 radical (unpaired) electrons. The number of halogens is 1. The number of hydrogen-bond donors (Lipinski definition) is 0. The van der Waals surface area contributed by atoms with E-state index in [1.54, 1.807) is 10.8 Å². The summed E-state index contributed by atoms with van der Waals surface area (Å²) in [6.45, 7) is 2.92. The van der Waals surface area contributed by atoms with Crippen molar-refractivity contribution in [2.75, 3.05) is 0 Å². The zero-order chi connectivity index (χ0) is 13.8. The van der Waals surface area contributed by atoms with Crippen LogP contribution in [0.2, 0.25) is 0 Å². The molecular formula is C14H15BrN2O2. The molecule has 1 heterocycles. The topological polar surface area (TPSA) is 44.0 Å². The van der Waals surface area contributed by atoms with Gasteiger partial charge in [0.15, 0.2) is 0 Å². The van der Waals surface area contributed by atoms with Crippen LogP contribution in [0, 0.1) is 0 Å². The lowest BCUT2D eigenvalue weighted by atomic mass is 10.2. The quantitative estimate of drug-likeness (QED) is 0.866. The van der Waals surface area contributed by atoms with Crippen molar-refractivity contribution in [3.8, 4) is 0 Å². The van der Waals surface area contributed by atoms with Crippen molar-refractivity contribution in [3.63, 3.8) is 0 Å². The first-order valence-corrected chi connectivity index (χ1v) is 6.96. The Morgan fingerprint density at radius 1 is 1.11 bits per heavy atom. The third-order valence-electron chi connectivity index (χ3n) is 2.86. The van der Waals surface area contributed by atoms with E-state index < -0.39 is 0 Å². The molecule has 19 heavy (non-hydrogen) atoms. The third kappa shape index (κ3) is 3.23. The lowest BCUT2D eigenvalue weighted by Crippen LogP contribution is -2.39. The highest BCUT2D eigenvalue weighted by molar-refractivity contribution is 9.10. The Morgan fingerprint density at radius 3 is 2.42 bits per heavy atom. The van der Waals surface area contributed by atoms with Crippen LogP contribution in [0.4, 0.5) is 0 Å². The van der Waals surface area contributed by atoms with Crippen molar-refractivity contribution >= 4 is 15.9 Å². The van der Waals surface area contributed by atoms with Gasteiger partial charge >= 0.3 is 5.69 Å². The molecule has 0 fully saturated rings. The fourth-order valence-electron chi connectivity index (χ4n) is 1.89. The minimum Gasteiger partial charge on any atom is -0.300 e. The van der Waals surface area contributed by atoms with Crippen LogP contribution in [0.3, 0.4) is 0 Å². The van der Waals surface area contributed by atoms with Crippen LogP contribution in [-0.2, 0) is 13.1 Å². The highest BCUT2D eigenvalue weighted by Gasteiger charge is 2.05. The highest BCUT2D eigenvalue weighted by Crippen LogP contribution is 2.10. The maximum absolute atomic E-state index is 12.2. The Hall–Kier alpha value is -1.62. The summed E-state index contributed by atoms with van der Waals surface area (Å²) >= 11 is 3.36. The Bertz CT molecular complexity index is 671. The molecule has 0 aliphatic rings. The second-order valence-corrected chi connectivity index (χ2v) is 5.26. The summed E-state index contributed by atoms with van der Waals surface area (Å²) in [5, 5.41) is 0. The third-order valence-corrected chi connectivity index (χ3v) is 3.39. The van der Waals surface area contributed by atoms with Crippen molar-refractivity contribution in [1.29, 1.82) is 0 Å². The van der Waals surface area contributed by atoms with Crippen LogP contribution in [0.1, 0.15) is 18.9 Å². The lowest BCUT2D eigenvalue weighted by molar-refractivity contribution is 0.570. The summed E-state index contributed by atoms with van der Waals surface area (Å²) in [6.07, 6.45) is 2.42. The van der Waals surface area contributed by atoms with Crippen LogP contribution in [0.5, 0.6) is 0 Å². The molecule has 0 aliphatic carbocycles. The number of aryl methyl sites for hydroxylation is 1. The number of nitrogens with zero attached hydrogens (tertiary/aromatic N) is 2. The van der Waals surface area contributed by atoms with Gasteiger partial charge < -0.3 is 4.57 Å². The predicted molar refractivity (Wildman–Crippen MR) is 78.5 cm³/mol. The molecule has 100 valence electrons. The molecule has 4 nitrogen and oxygen atoms in total. The maximum Gasteiger partial charge on any atom is 0.331 e. The number of rotatable bonds is 4. The van der Waals surface area contributed by atoms with E-state index in [1.165, 1.54) is 10.6 Å². The Kier molecular flexibility index (Phi) is 4.37. The monoisotopic (exact) mass is 322 g/mol. The average Bonchev–Trinajstić information content (AvgIpc) is 2.40. The minimum atomic E-state index is -0.264. The molecule has 0 aliphatic heterocycles. The van der Waals surface area contributed by atoms with Gasteiger partial charge in [0.05, 0.1) is 6.54 Å². The van der Waals surface area contributed by atoms with Crippen LogP contribution < -0.4 is 11.2 Å². The summed E-state index contributed by atoms with van der Waals surface area (Å²) < 4.78 is 3.80. The van der Waals surface area contributed by atoms with Gasteiger partial charge in [0.1, 0.15) is 0 Å². The predicted octanol–water partition coefficient (Wildman–Crippen LogP) is 2.23. The first-order valence-electron chi connectivity index (χ1n) is 6.16. The van der Waals surface area contributed by atoms with Gasteiger partial charge in [-0.2, -0.15) is 0 Å². The van der Waals surface area contributed by atoms with E-state index in [1.807, 2.05) is 31.2 Å². The van der Waals surface area contributed by atoms with Gasteiger partial charge in [0.25, 0.3) is 5.56 Å². The number of aromatic nitrogens is 2. The van der Waals surface area contributed by atoms with E-state index in [-0.39, 0.29) is 11.2 Å². The summed E-state index contributed by atoms with van der Waals surface area (Å²) in [7, 11) is 0. The normalized spacial score (nSPS) is 10.6. The van der Waals surface area contributed by atoms with Crippen molar-refractivity contribution in [3.05, 3.63) is 67.4 Å². The van der Waals surface area contributed by atoms with E-state index in [2.05, 4.69) is 15.9 Å². The number of hydrogen-bond acceptors (Lipinski definition) is 2. The van der Waals surface area contributed by atoms with Gasteiger partial charge in [-0.05, 0) is 24.1 Å². The van der Waals surface area contributed by atoms with Gasteiger partial charge in [-0.3, -0.25) is 9.36 Å². The van der Waals surface area contributed by atoms with Gasteiger partial charge in [-0.25, -0.2) is 4.79 Å². The Labute approximate surface area is 119 Å². The van der Waals surface area contributed by atoms with E-state index in [0.29, 0.717) is 13.1 Å². The van der Waals surface area contributed by atoms with Crippen molar-refractivity contribution in [1.82, 2.24) is 9.13 Å². The molecule has 0 saturated heterocycles. The Morgan fingerprint density at radius 2 is 1.79 bits per heavy atom. The maximum atomic E-state index is 12.2. The molecule has 0 N–H and O–H groups in total. The van der Waals surface area contributed by atoms with Crippen LogP contribution in [0.15, 0.2) is 50.6 Å². The van der Waals surface area contributed by atoms with E-state index >= 15 is 0 Å². The van der Waals surface area contributed by atoms with Gasteiger partial charge in [0, 0.05) is 23.3 Å². The molecule has 1 aromatic carbocycles. The molecular weight excluding hydrogens is 308 g/mol. The van der Waals surface area contributed by atoms with Crippen LogP contribution >= 0.6 is 15.9 Å². The average molecular weight is 323 g/mol. The van der Waals surface area contributed by atoms with Crippen molar-refractivity contribution in [2.45, 2.75) is 26.4 Å². The summed E-state index contributed by atoms with van der Waals surface area (Å²) in [6, 6.07) is 9.03. The molecule has 0 spiro atoms. The molecule has 0 unspecified atom stereocenters. The first-order chi connectivity index (χ1) is 9.11.